The molecule has 4 nitrogen and oxygen atoms in total. The second-order valence-corrected chi connectivity index (χ2v) is 5.57. The maximum atomic E-state index is 6.19. The predicted molar refractivity (Wildman–Crippen MR) is 81.4 cm³/mol. The lowest BCUT2D eigenvalue weighted by atomic mass is 10.3. The van der Waals surface area contributed by atoms with Crippen LogP contribution in [0, 0.1) is 0 Å². The number of thiophene rings is 1. The van der Waals surface area contributed by atoms with Crippen molar-refractivity contribution in [1.82, 2.24) is 9.97 Å². The molecule has 1 N–H and O–H groups in total. The Labute approximate surface area is 122 Å². The molecule has 6 heteroatoms. The topological polar surface area (TPSA) is 47.0 Å². The van der Waals surface area contributed by atoms with Crippen LogP contribution in [0.5, 0.6) is 0 Å². The SMILES string of the molecule is CCOCCCNc1nc(Cl)c2cc(CC)sc2n1. The summed E-state index contributed by atoms with van der Waals surface area (Å²) in [7, 11) is 0. The Balaban J connectivity index is 2.03. The summed E-state index contributed by atoms with van der Waals surface area (Å²) < 4.78 is 5.28. The summed E-state index contributed by atoms with van der Waals surface area (Å²) >= 11 is 7.86. The van der Waals surface area contributed by atoms with Gasteiger partial charge in [-0.15, -0.1) is 11.3 Å². The Hall–Kier alpha value is -0.910. The van der Waals surface area contributed by atoms with Crippen molar-refractivity contribution in [2.45, 2.75) is 26.7 Å². The van der Waals surface area contributed by atoms with Gasteiger partial charge in [-0.1, -0.05) is 18.5 Å². The normalized spacial score (nSPS) is 11.1. The van der Waals surface area contributed by atoms with Crippen molar-refractivity contribution in [3.05, 3.63) is 16.1 Å². The number of aromatic nitrogens is 2. The Kier molecular flexibility index (Phi) is 5.36. The molecule has 0 unspecified atom stereocenters. The minimum absolute atomic E-state index is 0.522. The maximum Gasteiger partial charge on any atom is 0.225 e. The van der Waals surface area contributed by atoms with Gasteiger partial charge in [0.15, 0.2) is 0 Å². The van der Waals surface area contributed by atoms with Crippen LogP contribution in [-0.2, 0) is 11.2 Å². The molecule has 2 heterocycles. The standard InChI is InChI=1S/C13H18ClN3OS/c1-3-9-8-10-11(14)16-13(17-12(10)19-9)15-6-5-7-18-4-2/h8H,3-7H2,1-2H3,(H,15,16,17). The Morgan fingerprint density at radius 1 is 1.37 bits per heavy atom. The van der Waals surface area contributed by atoms with Crippen molar-refractivity contribution < 1.29 is 4.74 Å². The second kappa shape index (κ2) is 7.03. The number of aryl methyl sites for hydroxylation is 1. The third-order valence-electron chi connectivity index (χ3n) is 2.70. The summed E-state index contributed by atoms with van der Waals surface area (Å²) in [5.41, 5.74) is 0. The van der Waals surface area contributed by atoms with Gasteiger partial charge in [-0.2, -0.15) is 0 Å². The first-order valence-electron chi connectivity index (χ1n) is 6.52. The van der Waals surface area contributed by atoms with Crippen molar-refractivity contribution >= 4 is 39.1 Å². The molecule has 0 saturated heterocycles. The summed E-state index contributed by atoms with van der Waals surface area (Å²) in [6.07, 6.45) is 1.92. The van der Waals surface area contributed by atoms with E-state index < -0.39 is 0 Å². The molecule has 0 aliphatic heterocycles. The van der Waals surface area contributed by atoms with E-state index in [1.807, 2.05) is 6.92 Å². The lowest BCUT2D eigenvalue weighted by Crippen LogP contribution is -2.08. The van der Waals surface area contributed by atoms with Gasteiger partial charge in [0.1, 0.15) is 9.98 Å². The molecule has 0 amide bonds. The van der Waals surface area contributed by atoms with Crippen LogP contribution in [0.3, 0.4) is 0 Å². The molecule has 2 rings (SSSR count). The van der Waals surface area contributed by atoms with Crippen molar-refractivity contribution in [3.8, 4) is 0 Å². The van der Waals surface area contributed by atoms with E-state index in [9.17, 15) is 0 Å². The molecule has 0 aliphatic carbocycles. The van der Waals surface area contributed by atoms with E-state index in [-0.39, 0.29) is 0 Å². The molecule has 0 saturated carbocycles. The smallest absolute Gasteiger partial charge is 0.225 e. The third-order valence-corrected chi connectivity index (χ3v) is 4.16. The molecule has 19 heavy (non-hydrogen) atoms. The fraction of sp³-hybridized carbons (Fsp3) is 0.538. The zero-order valence-electron chi connectivity index (χ0n) is 11.2. The first-order valence-corrected chi connectivity index (χ1v) is 7.71. The van der Waals surface area contributed by atoms with Crippen LogP contribution >= 0.6 is 22.9 Å². The molecule has 0 aromatic carbocycles. The van der Waals surface area contributed by atoms with Gasteiger partial charge in [0, 0.05) is 30.0 Å². The molecule has 0 bridgehead atoms. The fourth-order valence-corrected chi connectivity index (χ4v) is 2.96. The number of nitrogens with one attached hydrogen (secondary N) is 1. The number of fused-ring (bicyclic) bond motifs is 1. The van der Waals surface area contributed by atoms with E-state index in [4.69, 9.17) is 16.3 Å². The molecule has 0 radical (unpaired) electrons. The Morgan fingerprint density at radius 3 is 2.95 bits per heavy atom. The van der Waals surface area contributed by atoms with E-state index in [1.165, 1.54) is 4.88 Å². The molecule has 0 fully saturated rings. The quantitative estimate of drug-likeness (QED) is 0.625. The van der Waals surface area contributed by atoms with E-state index >= 15 is 0 Å². The molecule has 0 aliphatic rings. The third kappa shape index (κ3) is 3.78. The minimum Gasteiger partial charge on any atom is -0.382 e. The molecule has 104 valence electrons. The van der Waals surface area contributed by atoms with Gasteiger partial charge in [0.25, 0.3) is 0 Å². The maximum absolute atomic E-state index is 6.19. The van der Waals surface area contributed by atoms with E-state index in [2.05, 4.69) is 28.3 Å². The van der Waals surface area contributed by atoms with Crippen molar-refractivity contribution in [1.29, 1.82) is 0 Å². The highest BCUT2D eigenvalue weighted by molar-refractivity contribution is 7.18. The summed E-state index contributed by atoms with van der Waals surface area (Å²) in [5.74, 6) is 0.596. The second-order valence-electron chi connectivity index (χ2n) is 4.10. The number of hydrogen-bond donors (Lipinski definition) is 1. The van der Waals surface area contributed by atoms with Crippen molar-refractivity contribution in [2.75, 3.05) is 25.1 Å². The average Bonchev–Trinajstić information content (AvgIpc) is 2.82. The first-order chi connectivity index (χ1) is 9.24. The lowest BCUT2D eigenvalue weighted by molar-refractivity contribution is 0.147. The number of nitrogens with zero attached hydrogens (tertiary/aromatic N) is 2. The summed E-state index contributed by atoms with van der Waals surface area (Å²) in [5, 5.41) is 4.65. The zero-order valence-corrected chi connectivity index (χ0v) is 12.8. The molecule has 2 aromatic heterocycles. The van der Waals surface area contributed by atoms with Crippen LogP contribution in [0.25, 0.3) is 10.2 Å². The number of halogens is 1. The van der Waals surface area contributed by atoms with Crippen molar-refractivity contribution in [3.63, 3.8) is 0 Å². The highest BCUT2D eigenvalue weighted by atomic mass is 35.5. The summed E-state index contributed by atoms with van der Waals surface area (Å²) in [6, 6.07) is 2.07. The van der Waals surface area contributed by atoms with Crippen LogP contribution in [0.2, 0.25) is 5.15 Å². The largest absolute Gasteiger partial charge is 0.382 e. The highest BCUT2D eigenvalue weighted by Crippen LogP contribution is 2.29. The van der Waals surface area contributed by atoms with Crippen LogP contribution in [0.4, 0.5) is 5.95 Å². The van der Waals surface area contributed by atoms with Gasteiger partial charge in [-0.05, 0) is 25.8 Å². The number of ether oxygens (including phenoxy) is 1. The van der Waals surface area contributed by atoms with Crippen LogP contribution < -0.4 is 5.32 Å². The highest BCUT2D eigenvalue weighted by Gasteiger charge is 2.09. The lowest BCUT2D eigenvalue weighted by Gasteiger charge is -2.05. The number of rotatable bonds is 7. The Morgan fingerprint density at radius 2 is 2.21 bits per heavy atom. The first kappa shape index (κ1) is 14.5. The molecular weight excluding hydrogens is 282 g/mol. The van der Waals surface area contributed by atoms with Gasteiger partial charge < -0.3 is 10.1 Å². The fourth-order valence-electron chi connectivity index (χ4n) is 1.71. The van der Waals surface area contributed by atoms with Crippen LogP contribution in [0.1, 0.15) is 25.1 Å². The number of anilines is 1. The van der Waals surface area contributed by atoms with Gasteiger partial charge in [0.2, 0.25) is 5.95 Å². The van der Waals surface area contributed by atoms with Gasteiger partial charge in [0.05, 0.1) is 0 Å². The molecule has 0 atom stereocenters. The van der Waals surface area contributed by atoms with Crippen LogP contribution in [-0.4, -0.2) is 29.7 Å². The monoisotopic (exact) mass is 299 g/mol. The van der Waals surface area contributed by atoms with Gasteiger partial charge in [-0.3, -0.25) is 0 Å². The Bertz CT molecular complexity index is 544. The van der Waals surface area contributed by atoms with E-state index in [0.717, 1.165) is 42.8 Å². The van der Waals surface area contributed by atoms with Gasteiger partial charge in [-0.25, -0.2) is 9.97 Å². The zero-order chi connectivity index (χ0) is 13.7. The van der Waals surface area contributed by atoms with E-state index in [1.54, 1.807) is 11.3 Å². The van der Waals surface area contributed by atoms with Crippen molar-refractivity contribution in [2.24, 2.45) is 0 Å². The average molecular weight is 300 g/mol. The minimum atomic E-state index is 0.522. The molecule has 2 aromatic rings. The summed E-state index contributed by atoms with van der Waals surface area (Å²) in [6.45, 7) is 6.40. The van der Waals surface area contributed by atoms with Crippen LogP contribution in [0.15, 0.2) is 6.07 Å². The van der Waals surface area contributed by atoms with Gasteiger partial charge >= 0.3 is 0 Å². The predicted octanol–water partition coefficient (Wildman–Crippen LogP) is 3.75. The number of hydrogen-bond acceptors (Lipinski definition) is 5. The summed E-state index contributed by atoms with van der Waals surface area (Å²) in [4.78, 5) is 11.0. The molecule has 0 spiro atoms. The molecular formula is C13H18ClN3OS. The van der Waals surface area contributed by atoms with E-state index in [0.29, 0.717) is 11.1 Å².